The highest BCUT2D eigenvalue weighted by molar-refractivity contribution is 5.36. The number of rotatable bonds is 6. The Morgan fingerprint density at radius 2 is 2.05 bits per heavy atom. The molecule has 2 heteroatoms. The third-order valence-corrected chi connectivity index (χ3v) is 4.65. The van der Waals surface area contributed by atoms with Crippen molar-refractivity contribution in [3.8, 4) is 5.75 Å². The normalized spacial score (nSPS) is 24.4. The second-order valence-corrected chi connectivity index (χ2v) is 6.11. The van der Waals surface area contributed by atoms with Gasteiger partial charge in [-0.3, -0.25) is 0 Å². The molecule has 1 aliphatic rings. The Kier molecular flexibility index (Phi) is 5.90. The fourth-order valence-electron chi connectivity index (χ4n) is 3.38. The van der Waals surface area contributed by atoms with E-state index in [9.17, 15) is 0 Å². The fourth-order valence-corrected chi connectivity index (χ4v) is 3.38. The largest absolute Gasteiger partial charge is 0.493 e. The second-order valence-electron chi connectivity index (χ2n) is 6.11. The first-order valence-electron chi connectivity index (χ1n) is 8.23. The quantitative estimate of drug-likeness (QED) is 0.817. The molecule has 112 valence electrons. The Hall–Kier alpha value is -1.02. The molecule has 0 spiro atoms. The molecule has 1 aliphatic carbocycles. The molecule has 0 heterocycles. The zero-order chi connectivity index (χ0) is 14.4. The highest BCUT2D eigenvalue weighted by atomic mass is 16.5. The van der Waals surface area contributed by atoms with Crippen molar-refractivity contribution in [1.82, 2.24) is 0 Å². The van der Waals surface area contributed by atoms with E-state index in [4.69, 9.17) is 10.5 Å². The number of ether oxygens (including phenoxy) is 1. The molecule has 3 unspecified atom stereocenters. The monoisotopic (exact) mass is 275 g/mol. The lowest BCUT2D eigenvalue weighted by atomic mass is 9.75. The fraction of sp³-hybridized carbons (Fsp3) is 0.667. The maximum absolute atomic E-state index is 6.58. The van der Waals surface area contributed by atoms with E-state index in [0.717, 1.165) is 24.7 Å². The van der Waals surface area contributed by atoms with Gasteiger partial charge in [-0.1, -0.05) is 51.3 Å². The summed E-state index contributed by atoms with van der Waals surface area (Å²) in [4.78, 5) is 0. The van der Waals surface area contributed by atoms with Crippen molar-refractivity contribution in [2.24, 2.45) is 17.6 Å². The summed E-state index contributed by atoms with van der Waals surface area (Å²) in [7, 11) is 0. The van der Waals surface area contributed by atoms with Gasteiger partial charge in [0.25, 0.3) is 0 Å². The molecular weight excluding hydrogens is 246 g/mol. The summed E-state index contributed by atoms with van der Waals surface area (Å²) >= 11 is 0. The van der Waals surface area contributed by atoms with Gasteiger partial charge >= 0.3 is 0 Å². The van der Waals surface area contributed by atoms with E-state index in [1.807, 2.05) is 6.07 Å². The van der Waals surface area contributed by atoms with Gasteiger partial charge in [0.15, 0.2) is 0 Å². The molecule has 0 bridgehead atoms. The number of benzene rings is 1. The van der Waals surface area contributed by atoms with E-state index in [2.05, 4.69) is 32.0 Å². The van der Waals surface area contributed by atoms with Crippen LogP contribution in [0.4, 0.5) is 0 Å². The van der Waals surface area contributed by atoms with Gasteiger partial charge in [-0.2, -0.15) is 0 Å². The van der Waals surface area contributed by atoms with Gasteiger partial charge in [0.05, 0.1) is 6.61 Å². The van der Waals surface area contributed by atoms with Crippen LogP contribution in [0.15, 0.2) is 24.3 Å². The molecule has 0 amide bonds. The summed E-state index contributed by atoms with van der Waals surface area (Å²) in [6.07, 6.45) is 7.57. The highest BCUT2D eigenvalue weighted by Crippen LogP contribution is 2.39. The summed E-state index contributed by atoms with van der Waals surface area (Å²) in [6.45, 7) is 5.21. The summed E-state index contributed by atoms with van der Waals surface area (Å²) in [5.41, 5.74) is 7.78. The van der Waals surface area contributed by atoms with Gasteiger partial charge in [-0.15, -0.1) is 0 Å². The molecule has 0 aliphatic heterocycles. The van der Waals surface area contributed by atoms with Gasteiger partial charge < -0.3 is 10.5 Å². The molecule has 1 saturated carbocycles. The molecule has 2 N–H and O–H groups in total. The zero-order valence-corrected chi connectivity index (χ0v) is 13.0. The maximum Gasteiger partial charge on any atom is 0.124 e. The van der Waals surface area contributed by atoms with Crippen LogP contribution in [0.2, 0.25) is 0 Å². The highest BCUT2D eigenvalue weighted by Gasteiger charge is 2.27. The maximum atomic E-state index is 6.58. The molecule has 2 rings (SSSR count). The number of hydrogen-bond acceptors (Lipinski definition) is 2. The van der Waals surface area contributed by atoms with Crippen molar-refractivity contribution in [3.63, 3.8) is 0 Å². The first-order valence-corrected chi connectivity index (χ1v) is 8.23. The van der Waals surface area contributed by atoms with E-state index in [1.54, 1.807) is 0 Å². The van der Waals surface area contributed by atoms with E-state index in [1.165, 1.54) is 37.7 Å². The summed E-state index contributed by atoms with van der Waals surface area (Å²) < 4.78 is 5.87. The molecule has 20 heavy (non-hydrogen) atoms. The van der Waals surface area contributed by atoms with Crippen molar-refractivity contribution >= 4 is 0 Å². The van der Waals surface area contributed by atoms with E-state index >= 15 is 0 Å². The van der Waals surface area contributed by atoms with Crippen LogP contribution in [0.1, 0.15) is 64.0 Å². The lowest BCUT2D eigenvalue weighted by Crippen LogP contribution is -2.27. The molecule has 1 aromatic carbocycles. The van der Waals surface area contributed by atoms with Gasteiger partial charge in [-0.25, -0.2) is 0 Å². The molecule has 2 nitrogen and oxygen atoms in total. The predicted molar refractivity (Wildman–Crippen MR) is 84.9 cm³/mol. The van der Waals surface area contributed by atoms with Crippen molar-refractivity contribution in [2.75, 3.05) is 6.61 Å². The zero-order valence-electron chi connectivity index (χ0n) is 13.0. The number of hydrogen-bond donors (Lipinski definition) is 1. The summed E-state index contributed by atoms with van der Waals surface area (Å²) in [6, 6.07) is 8.44. The van der Waals surface area contributed by atoms with Crippen molar-refractivity contribution in [1.29, 1.82) is 0 Å². The van der Waals surface area contributed by atoms with Crippen LogP contribution in [0.25, 0.3) is 0 Å². The lowest BCUT2D eigenvalue weighted by molar-refractivity contribution is 0.226. The van der Waals surface area contributed by atoms with Gasteiger partial charge in [0.2, 0.25) is 0 Å². The van der Waals surface area contributed by atoms with Crippen molar-refractivity contribution in [3.05, 3.63) is 29.8 Å². The van der Waals surface area contributed by atoms with Crippen LogP contribution >= 0.6 is 0 Å². The Morgan fingerprint density at radius 1 is 1.25 bits per heavy atom. The standard InChI is InChI=1S/C18H29NO/c1-3-12-20-17-11-6-5-10-16(17)18(19)15-9-7-8-14(4-2)13-15/h5-6,10-11,14-15,18H,3-4,7-9,12-13,19H2,1-2H3. The summed E-state index contributed by atoms with van der Waals surface area (Å²) in [5, 5.41) is 0. The Bertz CT molecular complexity index is 404. The minimum Gasteiger partial charge on any atom is -0.493 e. The SMILES string of the molecule is CCCOc1ccccc1C(N)C1CCCC(CC)C1. The van der Waals surface area contributed by atoms with Crippen molar-refractivity contribution in [2.45, 2.75) is 58.4 Å². The van der Waals surface area contributed by atoms with Crippen molar-refractivity contribution < 1.29 is 4.74 Å². The minimum atomic E-state index is 0.123. The Morgan fingerprint density at radius 3 is 2.80 bits per heavy atom. The van der Waals surface area contributed by atoms with Gasteiger partial charge in [-0.05, 0) is 37.2 Å². The van der Waals surface area contributed by atoms with E-state index < -0.39 is 0 Å². The molecule has 0 aromatic heterocycles. The molecule has 0 radical (unpaired) electrons. The van der Waals surface area contributed by atoms with E-state index in [-0.39, 0.29) is 6.04 Å². The summed E-state index contributed by atoms with van der Waals surface area (Å²) in [5.74, 6) is 2.46. The van der Waals surface area contributed by atoms with Crippen LogP contribution in [0.5, 0.6) is 5.75 Å². The third kappa shape index (κ3) is 3.76. The predicted octanol–water partition coefficient (Wildman–Crippen LogP) is 4.69. The number of nitrogens with two attached hydrogens (primary N) is 1. The van der Waals surface area contributed by atoms with Crippen LogP contribution in [-0.4, -0.2) is 6.61 Å². The molecule has 1 fully saturated rings. The Balaban J connectivity index is 2.09. The van der Waals surface area contributed by atoms with Crippen LogP contribution < -0.4 is 10.5 Å². The molecular formula is C18H29NO. The average Bonchev–Trinajstić information content (AvgIpc) is 2.52. The first-order chi connectivity index (χ1) is 9.76. The Labute approximate surface area is 123 Å². The van der Waals surface area contributed by atoms with Crippen LogP contribution in [-0.2, 0) is 0 Å². The van der Waals surface area contributed by atoms with Crippen LogP contribution in [0, 0.1) is 11.8 Å². The first kappa shape index (κ1) is 15.4. The average molecular weight is 275 g/mol. The van der Waals surface area contributed by atoms with Gasteiger partial charge in [0.1, 0.15) is 5.75 Å². The van der Waals surface area contributed by atoms with Crippen LogP contribution in [0.3, 0.4) is 0 Å². The number of para-hydroxylation sites is 1. The molecule has 0 saturated heterocycles. The third-order valence-electron chi connectivity index (χ3n) is 4.65. The van der Waals surface area contributed by atoms with Gasteiger partial charge in [0, 0.05) is 11.6 Å². The molecule has 3 atom stereocenters. The minimum absolute atomic E-state index is 0.123. The second kappa shape index (κ2) is 7.68. The van der Waals surface area contributed by atoms with E-state index in [0.29, 0.717) is 5.92 Å². The molecule has 1 aromatic rings. The lowest BCUT2D eigenvalue weighted by Gasteiger charge is -2.33. The topological polar surface area (TPSA) is 35.2 Å². The smallest absolute Gasteiger partial charge is 0.124 e.